The fourth-order valence-corrected chi connectivity index (χ4v) is 4.98. The molecule has 4 heterocycles. The number of halogens is 2. The van der Waals surface area contributed by atoms with Crippen molar-refractivity contribution in [2.45, 2.75) is 39.7 Å². The average Bonchev–Trinajstić information content (AvgIpc) is 2.84. The van der Waals surface area contributed by atoms with Crippen LogP contribution in [0.2, 0.25) is 0 Å². The summed E-state index contributed by atoms with van der Waals surface area (Å²) in [6, 6.07) is 7.33. The topological polar surface area (TPSA) is 76.9 Å². The number of aryl methyl sites for hydroxylation is 1. The molecule has 0 radical (unpaired) electrons. The molecule has 36 heavy (non-hydrogen) atoms. The third-order valence-corrected chi connectivity index (χ3v) is 6.79. The van der Waals surface area contributed by atoms with Crippen molar-refractivity contribution < 1.29 is 13.9 Å². The number of aromatic nitrogens is 2. The first-order valence-electron chi connectivity index (χ1n) is 12.2. The summed E-state index contributed by atoms with van der Waals surface area (Å²) in [7, 11) is 0. The molecule has 1 fully saturated rings. The number of benzene rings is 1. The normalized spacial score (nSPS) is 17.9. The molecular weight excluding hydrogens is 462 g/mol. The van der Waals surface area contributed by atoms with Crippen molar-refractivity contribution in [3.05, 3.63) is 65.0 Å². The predicted molar refractivity (Wildman–Crippen MR) is 137 cm³/mol. The van der Waals surface area contributed by atoms with E-state index in [0.29, 0.717) is 17.2 Å². The lowest BCUT2D eigenvalue weighted by Crippen LogP contribution is -2.53. The quantitative estimate of drug-likeness (QED) is 0.552. The Morgan fingerprint density at radius 2 is 1.97 bits per heavy atom. The molecule has 2 aliphatic rings. The molecule has 188 valence electrons. The number of aromatic hydroxyl groups is 1. The molecule has 5 rings (SSSR count). The van der Waals surface area contributed by atoms with E-state index < -0.39 is 11.6 Å². The molecule has 2 N–H and O–H groups in total. The van der Waals surface area contributed by atoms with Crippen LogP contribution in [0.1, 0.15) is 43.5 Å². The Balaban J connectivity index is 1.75. The Hall–Kier alpha value is -3.59. The smallest absolute Gasteiger partial charge is 0.150 e. The minimum atomic E-state index is -0.742. The standard InChI is InChI=1S/C27H30F2N6O/c1-15(2)23-25(16(3)8-9-31-23)35-14-32-26(34-11-10-30-13-17(34)4)18-12-20(29)24(33-27(18)35)22-19(28)6-5-7-21(22)36/h5-9,12,15,17,30,36H,10-11,13-14H2,1-4H3/t17-/m0/s1. The Labute approximate surface area is 209 Å². The molecule has 9 heteroatoms. The van der Waals surface area contributed by atoms with Gasteiger partial charge in [-0.15, -0.1) is 0 Å². The second kappa shape index (κ2) is 9.46. The van der Waals surface area contributed by atoms with E-state index in [0.717, 1.165) is 36.6 Å². The van der Waals surface area contributed by atoms with E-state index in [1.165, 1.54) is 24.3 Å². The number of anilines is 2. The van der Waals surface area contributed by atoms with E-state index in [4.69, 9.17) is 4.99 Å². The fourth-order valence-electron chi connectivity index (χ4n) is 4.98. The van der Waals surface area contributed by atoms with Gasteiger partial charge in [-0.25, -0.2) is 18.8 Å². The van der Waals surface area contributed by atoms with E-state index in [1.54, 1.807) is 6.20 Å². The first-order chi connectivity index (χ1) is 17.3. The number of aliphatic imine (C=N–C) groups is 1. The summed E-state index contributed by atoms with van der Waals surface area (Å²) in [4.78, 5) is 18.3. The van der Waals surface area contributed by atoms with Crippen molar-refractivity contribution in [1.82, 2.24) is 20.2 Å². The third-order valence-electron chi connectivity index (χ3n) is 6.79. The Morgan fingerprint density at radius 1 is 1.17 bits per heavy atom. The van der Waals surface area contributed by atoms with Crippen LogP contribution in [-0.2, 0) is 0 Å². The van der Waals surface area contributed by atoms with Crippen LogP contribution in [0.15, 0.2) is 41.5 Å². The van der Waals surface area contributed by atoms with Gasteiger partial charge in [0.25, 0.3) is 0 Å². The molecule has 0 amide bonds. The van der Waals surface area contributed by atoms with Crippen LogP contribution in [0.3, 0.4) is 0 Å². The number of phenols is 1. The maximum Gasteiger partial charge on any atom is 0.150 e. The average molecular weight is 493 g/mol. The molecule has 0 saturated carbocycles. The van der Waals surface area contributed by atoms with Crippen LogP contribution in [0, 0.1) is 18.6 Å². The van der Waals surface area contributed by atoms with E-state index >= 15 is 4.39 Å². The number of fused-ring (bicyclic) bond motifs is 1. The predicted octanol–water partition coefficient (Wildman–Crippen LogP) is 4.71. The van der Waals surface area contributed by atoms with Gasteiger partial charge < -0.3 is 20.2 Å². The maximum atomic E-state index is 15.6. The van der Waals surface area contributed by atoms with E-state index in [-0.39, 0.29) is 35.6 Å². The van der Waals surface area contributed by atoms with Crippen LogP contribution in [-0.4, -0.2) is 58.2 Å². The van der Waals surface area contributed by atoms with Gasteiger partial charge in [0.1, 0.15) is 35.6 Å². The first kappa shape index (κ1) is 24.1. The molecule has 0 unspecified atom stereocenters. The van der Waals surface area contributed by atoms with Crippen LogP contribution in [0.25, 0.3) is 11.3 Å². The molecule has 1 saturated heterocycles. The summed E-state index contributed by atoms with van der Waals surface area (Å²) in [5.41, 5.74) is 2.74. The number of amidine groups is 1. The molecule has 0 aliphatic carbocycles. The van der Waals surface area contributed by atoms with E-state index in [9.17, 15) is 9.50 Å². The summed E-state index contributed by atoms with van der Waals surface area (Å²) in [6.07, 6.45) is 1.77. The van der Waals surface area contributed by atoms with Crippen molar-refractivity contribution in [1.29, 1.82) is 0 Å². The number of phenolic OH excluding ortho intramolecular Hbond substituents is 1. The van der Waals surface area contributed by atoms with Crippen LogP contribution in [0.5, 0.6) is 5.75 Å². The number of pyridine rings is 2. The van der Waals surface area contributed by atoms with Crippen molar-refractivity contribution in [2.24, 2.45) is 4.99 Å². The summed E-state index contributed by atoms with van der Waals surface area (Å²) >= 11 is 0. The molecule has 1 atom stereocenters. The van der Waals surface area contributed by atoms with Crippen molar-refractivity contribution in [3.8, 4) is 17.0 Å². The summed E-state index contributed by atoms with van der Waals surface area (Å²) in [6.45, 7) is 10.8. The zero-order valence-electron chi connectivity index (χ0n) is 20.9. The lowest BCUT2D eigenvalue weighted by atomic mass is 10.0. The number of rotatable bonds is 3. The molecule has 0 bridgehead atoms. The second-order valence-corrected chi connectivity index (χ2v) is 9.64. The van der Waals surface area contributed by atoms with Crippen LogP contribution >= 0.6 is 0 Å². The highest BCUT2D eigenvalue weighted by Gasteiger charge is 2.33. The van der Waals surface area contributed by atoms with Gasteiger partial charge in [-0.1, -0.05) is 19.9 Å². The van der Waals surface area contributed by atoms with Gasteiger partial charge in [0, 0.05) is 31.9 Å². The van der Waals surface area contributed by atoms with Gasteiger partial charge >= 0.3 is 0 Å². The molecule has 2 aliphatic heterocycles. The van der Waals surface area contributed by atoms with Gasteiger partial charge in [0.05, 0.1) is 22.5 Å². The molecule has 3 aromatic rings. The maximum absolute atomic E-state index is 15.6. The number of nitrogens with zero attached hydrogens (tertiary/aromatic N) is 5. The molecule has 0 spiro atoms. The zero-order valence-corrected chi connectivity index (χ0v) is 20.9. The van der Waals surface area contributed by atoms with Crippen molar-refractivity contribution in [2.75, 3.05) is 31.2 Å². The van der Waals surface area contributed by atoms with Gasteiger partial charge in [-0.2, -0.15) is 0 Å². The van der Waals surface area contributed by atoms with E-state index in [1.807, 2.05) is 17.9 Å². The fraction of sp³-hybridized carbons (Fsp3) is 0.370. The highest BCUT2D eigenvalue weighted by Crippen LogP contribution is 2.41. The SMILES string of the molecule is Cc1ccnc(C(C)C)c1N1CN=C(N2CCNC[C@@H]2C)c2cc(F)c(-c3c(O)cccc3F)nc21. The molecule has 7 nitrogen and oxygen atoms in total. The number of piperazine rings is 1. The second-order valence-electron chi connectivity index (χ2n) is 9.64. The monoisotopic (exact) mass is 492 g/mol. The molecular formula is C27H30F2N6O. The molecule has 2 aromatic heterocycles. The molecule has 1 aromatic carbocycles. The Bertz CT molecular complexity index is 1320. The summed E-state index contributed by atoms with van der Waals surface area (Å²) in [5.74, 6) is -0.584. The highest BCUT2D eigenvalue weighted by molar-refractivity contribution is 6.06. The Morgan fingerprint density at radius 3 is 2.69 bits per heavy atom. The van der Waals surface area contributed by atoms with Crippen molar-refractivity contribution >= 4 is 17.3 Å². The Kier molecular flexibility index (Phi) is 6.34. The number of hydrogen-bond donors (Lipinski definition) is 2. The number of hydrogen-bond acceptors (Lipinski definition) is 7. The largest absolute Gasteiger partial charge is 0.507 e. The summed E-state index contributed by atoms with van der Waals surface area (Å²) < 4.78 is 30.4. The third kappa shape index (κ3) is 4.07. The first-order valence-corrected chi connectivity index (χ1v) is 12.2. The zero-order chi connectivity index (χ0) is 25.6. The van der Waals surface area contributed by atoms with Gasteiger partial charge in [-0.3, -0.25) is 4.98 Å². The summed E-state index contributed by atoms with van der Waals surface area (Å²) in [5, 5.41) is 13.8. The lowest BCUT2D eigenvalue weighted by molar-refractivity contribution is 0.273. The highest BCUT2D eigenvalue weighted by atomic mass is 19.1. The van der Waals surface area contributed by atoms with Crippen molar-refractivity contribution in [3.63, 3.8) is 0 Å². The van der Waals surface area contributed by atoms with Gasteiger partial charge in [0.15, 0.2) is 5.82 Å². The van der Waals surface area contributed by atoms with Crippen LogP contribution in [0.4, 0.5) is 20.3 Å². The lowest BCUT2D eigenvalue weighted by Gasteiger charge is -2.40. The van der Waals surface area contributed by atoms with Gasteiger partial charge in [0.2, 0.25) is 0 Å². The van der Waals surface area contributed by atoms with E-state index in [2.05, 4.69) is 41.0 Å². The van der Waals surface area contributed by atoms with Gasteiger partial charge in [-0.05, 0) is 49.6 Å². The minimum absolute atomic E-state index is 0.123. The minimum Gasteiger partial charge on any atom is -0.507 e. The number of nitrogens with one attached hydrogen (secondary N) is 1. The van der Waals surface area contributed by atoms with Crippen LogP contribution < -0.4 is 10.2 Å².